The van der Waals surface area contributed by atoms with Crippen LogP contribution in [-0.2, 0) is 15.3 Å². The summed E-state index contributed by atoms with van der Waals surface area (Å²) in [6.07, 6.45) is -5.45. The number of fused-ring (bicyclic) bond motifs is 1. The molecular weight excluding hydrogens is 551 g/mol. The lowest BCUT2D eigenvalue weighted by Gasteiger charge is -2.38. The Balaban J connectivity index is 1.95. The Morgan fingerprint density at radius 2 is 1.61 bits per heavy atom. The molecule has 7 nitrogen and oxygen atoms in total. The number of hydrogen-bond acceptors (Lipinski definition) is 5. The van der Waals surface area contributed by atoms with Gasteiger partial charge >= 0.3 is 12.3 Å². The summed E-state index contributed by atoms with van der Waals surface area (Å²) in [7, 11) is -2.26. The minimum atomic E-state index is -4.76. The van der Waals surface area contributed by atoms with Crippen LogP contribution in [0.15, 0.2) is 53.3 Å². The fourth-order valence-electron chi connectivity index (χ4n) is 4.78. The zero-order chi connectivity index (χ0) is 30.5. The van der Waals surface area contributed by atoms with Gasteiger partial charge in [0.25, 0.3) is 5.56 Å². The van der Waals surface area contributed by atoms with Gasteiger partial charge in [-0.05, 0) is 63.2 Å². The molecule has 2 heterocycles. The highest BCUT2D eigenvalue weighted by atomic mass is 28.4. The quantitative estimate of drug-likeness (QED) is 0.295. The van der Waals surface area contributed by atoms with E-state index < -0.39 is 48.7 Å². The number of hydrogen-bond donors (Lipinski definition) is 0. The normalized spacial score (nSPS) is 18.7. The second kappa shape index (κ2) is 10.6. The predicted octanol–water partition coefficient (Wildman–Crippen LogP) is 7.48. The van der Waals surface area contributed by atoms with E-state index in [2.05, 4.69) is 38.8 Å². The molecule has 1 saturated heterocycles. The first kappa shape index (κ1) is 30.8. The van der Waals surface area contributed by atoms with Crippen LogP contribution in [-0.4, -0.2) is 47.1 Å². The van der Waals surface area contributed by atoms with Crippen molar-refractivity contribution in [1.29, 1.82) is 0 Å². The van der Waals surface area contributed by atoms with E-state index in [0.717, 1.165) is 6.07 Å². The third-order valence-corrected chi connectivity index (χ3v) is 12.2. The maximum absolute atomic E-state index is 14.0. The van der Waals surface area contributed by atoms with Gasteiger partial charge in [-0.2, -0.15) is 13.2 Å². The maximum Gasteiger partial charge on any atom is 0.417 e. The molecule has 1 aromatic heterocycles. The topological polar surface area (TPSA) is 73.7 Å². The van der Waals surface area contributed by atoms with Crippen LogP contribution in [0.3, 0.4) is 0 Å². The molecule has 0 spiro atoms. The van der Waals surface area contributed by atoms with Crippen molar-refractivity contribution < 1.29 is 27.1 Å². The van der Waals surface area contributed by atoms with Crippen molar-refractivity contribution in [3.05, 3.63) is 70.3 Å². The van der Waals surface area contributed by atoms with Gasteiger partial charge in [0.05, 0.1) is 34.3 Å². The van der Waals surface area contributed by atoms with Gasteiger partial charge in [0.2, 0.25) is 0 Å². The number of para-hydroxylation sites is 1. The summed E-state index contributed by atoms with van der Waals surface area (Å²) in [6, 6.07) is 11.1. The lowest BCUT2D eigenvalue weighted by molar-refractivity contribution is -0.136. The SMILES string of the molecule is CC(C)(C)OC(=O)N1CC(O[Si](C)(C)C(C)(C)C)CC1c1nc2cccc(C(F)(F)F)c2c(=O)n1-c1ccccc1. The van der Waals surface area contributed by atoms with Crippen LogP contribution in [0.5, 0.6) is 0 Å². The molecule has 1 aliphatic rings. The number of ether oxygens (including phenoxy) is 1. The Hall–Kier alpha value is -3.18. The summed E-state index contributed by atoms with van der Waals surface area (Å²) in [5.74, 6) is 0.153. The maximum atomic E-state index is 14.0. The molecule has 1 fully saturated rings. The van der Waals surface area contributed by atoms with E-state index in [0.29, 0.717) is 12.1 Å². The molecule has 41 heavy (non-hydrogen) atoms. The second-order valence-corrected chi connectivity index (χ2v) is 17.8. The highest BCUT2D eigenvalue weighted by Gasteiger charge is 2.46. The van der Waals surface area contributed by atoms with Gasteiger partial charge in [0.15, 0.2) is 8.32 Å². The molecule has 2 unspecified atom stereocenters. The lowest BCUT2D eigenvalue weighted by atomic mass is 10.1. The monoisotopic (exact) mass is 589 g/mol. The highest BCUT2D eigenvalue weighted by Crippen LogP contribution is 2.42. The predicted molar refractivity (Wildman–Crippen MR) is 155 cm³/mol. The average Bonchev–Trinajstić information content (AvgIpc) is 3.25. The first-order valence-electron chi connectivity index (χ1n) is 13.7. The van der Waals surface area contributed by atoms with Crippen LogP contribution >= 0.6 is 0 Å². The van der Waals surface area contributed by atoms with Crippen molar-refractivity contribution in [2.45, 2.75) is 90.0 Å². The Kier molecular flexibility index (Phi) is 7.94. The van der Waals surface area contributed by atoms with E-state index in [1.54, 1.807) is 51.1 Å². The molecule has 3 aromatic rings. The molecule has 4 rings (SSSR count). The molecule has 2 aromatic carbocycles. The number of carbonyl (C=O) groups is 1. The van der Waals surface area contributed by atoms with Crippen LogP contribution < -0.4 is 5.56 Å². The lowest BCUT2D eigenvalue weighted by Crippen LogP contribution is -2.45. The van der Waals surface area contributed by atoms with E-state index in [9.17, 15) is 22.8 Å². The number of nitrogens with zero attached hydrogens (tertiary/aromatic N) is 3. The van der Waals surface area contributed by atoms with Crippen molar-refractivity contribution in [3.8, 4) is 5.69 Å². The number of rotatable bonds is 4. The van der Waals surface area contributed by atoms with Crippen LogP contribution in [0.4, 0.5) is 18.0 Å². The number of halogens is 3. The van der Waals surface area contributed by atoms with Gasteiger partial charge in [-0.15, -0.1) is 0 Å². The van der Waals surface area contributed by atoms with Gasteiger partial charge in [-0.3, -0.25) is 14.3 Å². The fourth-order valence-corrected chi connectivity index (χ4v) is 6.13. The highest BCUT2D eigenvalue weighted by molar-refractivity contribution is 6.74. The largest absolute Gasteiger partial charge is 0.444 e. The van der Waals surface area contributed by atoms with Crippen molar-refractivity contribution in [1.82, 2.24) is 14.5 Å². The third-order valence-electron chi connectivity index (χ3n) is 7.70. The van der Waals surface area contributed by atoms with E-state index in [-0.39, 0.29) is 29.0 Å². The summed E-state index contributed by atoms with van der Waals surface area (Å²) in [5, 5.41) is -0.619. The second-order valence-electron chi connectivity index (χ2n) is 13.0. The van der Waals surface area contributed by atoms with Gasteiger partial charge in [0, 0.05) is 13.0 Å². The molecule has 11 heteroatoms. The minimum Gasteiger partial charge on any atom is -0.444 e. The first-order valence-corrected chi connectivity index (χ1v) is 16.6. The number of benzene rings is 2. The summed E-state index contributed by atoms with van der Waals surface area (Å²) in [6.45, 7) is 16.0. The number of aromatic nitrogens is 2. The molecule has 1 amide bonds. The smallest absolute Gasteiger partial charge is 0.417 e. The summed E-state index contributed by atoms with van der Waals surface area (Å²) >= 11 is 0. The molecule has 0 saturated carbocycles. The van der Waals surface area contributed by atoms with E-state index >= 15 is 0 Å². The molecule has 0 radical (unpaired) electrons. The molecule has 0 aliphatic carbocycles. The van der Waals surface area contributed by atoms with Crippen LogP contribution in [0.2, 0.25) is 18.1 Å². The van der Waals surface area contributed by atoms with Crippen molar-refractivity contribution in [2.75, 3.05) is 6.54 Å². The Labute approximate surface area is 239 Å². The van der Waals surface area contributed by atoms with Crippen LogP contribution in [0.25, 0.3) is 16.6 Å². The number of likely N-dealkylation sites (tertiary alicyclic amines) is 1. The van der Waals surface area contributed by atoms with Gasteiger partial charge in [-0.25, -0.2) is 9.78 Å². The van der Waals surface area contributed by atoms with Crippen molar-refractivity contribution in [2.24, 2.45) is 0 Å². The van der Waals surface area contributed by atoms with Gasteiger partial charge in [0.1, 0.15) is 11.4 Å². The zero-order valence-electron chi connectivity index (χ0n) is 24.8. The number of amides is 1. The molecule has 0 N–H and O–H groups in total. The van der Waals surface area contributed by atoms with Gasteiger partial charge in [-0.1, -0.05) is 45.0 Å². The van der Waals surface area contributed by atoms with E-state index in [1.807, 2.05) is 0 Å². The first-order chi connectivity index (χ1) is 18.8. The standard InChI is InChI=1S/C30H38F3N3O4Si/c1-28(2,3)39-27(38)35-18-20(40-41(7,8)29(4,5)6)17-23(35)25-34-22-16-12-15-21(30(31,32)33)24(22)26(37)36(25)19-13-10-9-11-14-19/h9-16,20,23H,17-18H2,1-8H3. The van der Waals surface area contributed by atoms with Crippen LogP contribution in [0.1, 0.15) is 65.4 Å². The number of alkyl halides is 3. The zero-order valence-corrected chi connectivity index (χ0v) is 25.8. The minimum absolute atomic E-state index is 0.0927. The molecule has 1 aliphatic heterocycles. The Bertz CT molecular complexity index is 1490. The Morgan fingerprint density at radius 3 is 2.17 bits per heavy atom. The third kappa shape index (κ3) is 6.35. The molecule has 2 atom stereocenters. The van der Waals surface area contributed by atoms with Crippen LogP contribution in [0, 0.1) is 0 Å². The average molecular weight is 590 g/mol. The van der Waals surface area contributed by atoms with E-state index in [1.165, 1.54) is 21.6 Å². The molecular formula is C30H38F3N3O4Si. The Morgan fingerprint density at radius 1 is 0.976 bits per heavy atom. The fraction of sp³-hybridized carbons (Fsp3) is 0.500. The summed E-state index contributed by atoms with van der Waals surface area (Å²) < 4.78 is 55.6. The van der Waals surface area contributed by atoms with E-state index in [4.69, 9.17) is 9.16 Å². The molecule has 0 bridgehead atoms. The molecule has 222 valence electrons. The van der Waals surface area contributed by atoms with Gasteiger partial charge < -0.3 is 9.16 Å². The van der Waals surface area contributed by atoms with Crippen molar-refractivity contribution in [3.63, 3.8) is 0 Å². The number of carbonyl (C=O) groups excluding carboxylic acids is 1. The summed E-state index contributed by atoms with van der Waals surface area (Å²) in [4.78, 5) is 33.7. The summed E-state index contributed by atoms with van der Waals surface area (Å²) in [5.41, 5.74) is -2.46. The van der Waals surface area contributed by atoms with Crippen molar-refractivity contribution >= 4 is 25.3 Å².